The predicted molar refractivity (Wildman–Crippen MR) is 119 cm³/mol. The Kier molecular flexibility index (Phi) is 8.37. The molecule has 9 nitrogen and oxygen atoms in total. The molecule has 0 aliphatic carbocycles. The Morgan fingerprint density at radius 2 is 1.75 bits per heavy atom. The molecule has 1 N–H and O–H groups in total. The number of nitrogens with one attached hydrogen (secondary N) is 1. The molecular weight excluding hydrogens is 505 g/mol. The van der Waals surface area contributed by atoms with Crippen molar-refractivity contribution in [3.8, 4) is 5.75 Å². The van der Waals surface area contributed by atoms with Crippen LogP contribution in [0.15, 0.2) is 65.8 Å². The fraction of sp³-hybridized carbons (Fsp3) is 0.217. The maximum atomic E-state index is 12.8. The first-order valence-corrected chi connectivity index (χ1v) is 11.8. The van der Waals surface area contributed by atoms with E-state index < -0.39 is 40.6 Å². The van der Waals surface area contributed by atoms with Gasteiger partial charge in [0.05, 0.1) is 19.1 Å². The van der Waals surface area contributed by atoms with Crippen molar-refractivity contribution in [1.82, 2.24) is 9.71 Å². The van der Waals surface area contributed by atoms with Gasteiger partial charge in [-0.25, -0.2) is 17.9 Å². The van der Waals surface area contributed by atoms with E-state index in [4.69, 9.17) is 4.74 Å². The van der Waals surface area contributed by atoms with E-state index in [1.807, 2.05) is 29.0 Å². The normalized spacial score (nSPS) is 12.6. The van der Waals surface area contributed by atoms with Gasteiger partial charge in [-0.05, 0) is 23.1 Å². The minimum absolute atomic E-state index is 0.00609. The third-order valence-corrected chi connectivity index (χ3v) is 6.34. The molecule has 13 heteroatoms. The number of ether oxygens (including phenoxy) is 2. The van der Waals surface area contributed by atoms with Crippen LogP contribution in [-0.2, 0) is 35.6 Å². The number of para-hydroxylation sites is 1. The number of carbonyl (C=O) groups is 3. The van der Waals surface area contributed by atoms with Crippen molar-refractivity contribution in [2.45, 2.75) is 30.0 Å². The number of aldehydes is 1. The van der Waals surface area contributed by atoms with Crippen molar-refractivity contribution in [3.63, 3.8) is 0 Å². The van der Waals surface area contributed by atoms with Crippen LogP contribution in [0.1, 0.15) is 12.0 Å². The third kappa shape index (κ3) is 6.86. The van der Waals surface area contributed by atoms with Gasteiger partial charge in [0.2, 0.25) is 10.0 Å². The zero-order valence-corrected chi connectivity index (χ0v) is 19.2. The number of carbonyl (C=O) groups excluding carboxylic acids is 3. The standard InChI is InChI=1S/C23H19F3N2O7S/c24-23(25,26)22(31)35-21(30)11-17(14-29)28-36(32,33)20-8-4-3-7-19(20)34-10-9-16-13-27-12-15-5-1-2-6-18(15)16/h1-8,12-14,17,28H,9-11H2. The van der Waals surface area contributed by atoms with Crippen LogP contribution in [0.4, 0.5) is 13.2 Å². The van der Waals surface area contributed by atoms with Crippen LogP contribution in [0.2, 0.25) is 0 Å². The second kappa shape index (κ2) is 11.3. The molecule has 0 spiro atoms. The number of benzene rings is 2. The molecule has 0 aliphatic rings. The average Bonchev–Trinajstić information content (AvgIpc) is 2.83. The summed E-state index contributed by atoms with van der Waals surface area (Å²) in [4.78, 5) is 37.4. The highest BCUT2D eigenvalue weighted by Crippen LogP contribution is 2.25. The molecule has 3 aromatic rings. The zero-order valence-electron chi connectivity index (χ0n) is 18.4. The van der Waals surface area contributed by atoms with E-state index >= 15 is 0 Å². The van der Waals surface area contributed by atoms with E-state index in [0.29, 0.717) is 6.42 Å². The largest absolute Gasteiger partial charge is 0.492 e. The predicted octanol–water partition coefficient (Wildman–Crippen LogP) is 2.72. The monoisotopic (exact) mass is 524 g/mol. The lowest BCUT2D eigenvalue weighted by atomic mass is 10.1. The van der Waals surface area contributed by atoms with Gasteiger partial charge in [0.15, 0.2) is 0 Å². The molecule has 0 amide bonds. The molecule has 1 atom stereocenters. The summed E-state index contributed by atoms with van der Waals surface area (Å²) >= 11 is 0. The van der Waals surface area contributed by atoms with Crippen molar-refractivity contribution >= 4 is 39.0 Å². The minimum Gasteiger partial charge on any atom is -0.492 e. The summed E-state index contributed by atoms with van der Waals surface area (Å²) in [6, 6.07) is 11.2. The molecule has 2 aromatic carbocycles. The fourth-order valence-corrected chi connectivity index (χ4v) is 4.52. The van der Waals surface area contributed by atoms with Gasteiger partial charge in [0.1, 0.15) is 16.9 Å². The number of alkyl halides is 3. The molecule has 0 bridgehead atoms. The van der Waals surface area contributed by atoms with E-state index in [1.54, 1.807) is 12.4 Å². The maximum absolute atomic E-state index is 12.8. The first-order valence-electron chi connectivity index (χ1n) is 10.3. The number of esters is 2. The van der Waals surface area contributed by atoms with E-state index in [2.05, 4.69) is 9.72 Å². The molecule has 1 unspecified atom stereocenters. The lowest BCUT2D eigenvalue weighted by molar-refractivity contribution is -0.202. The number of pyridine rings is 1. The number of rotatable bonds is 10. The lowest BCUT2D eigenvalue weighted by Gasteiger charge is -2.16. The van der Waals surface area contributed by atoms with Crippen LogP contribution >= 0.6 is 0 Å². The molecule has 190 valence electrons. The Morgan fingerprint density at radius 3 is 2.47 bits per heavy atom. The number of nitrogens with zero attached hydrogens (tertiary/aromatic N) is 1. The van der Waals surface area contributed by atoms with Gasteiger partial charge in [-0.3, -0.25) is 9.78 Å². The third-order valence-electron chi connectivity index (χ3n) is 4.81. The smallest absolute Gasteiger partial charge is 0.491 e. The zero-order chi connectivity index (χ0) is 26.3. The van der Waals surface area contributed by atoms with E-state index in [1.165, 1.54) is 24.3 Å². The van der Waals surface area contributed by atoms with Gasteiger partial charge in [0.25, 0.3) is 0 Å². The molecule has 1 heterocycles. The highest BCUT2D eigenvalue weighted by molar-refractivity contribution is 7.89. The van der Waals surface area contributed by atoms with E-state index in [0.717, 1.165) is 16.3 Å². The first-order chi connectivity index (χ1) is 17.0. The topological polar surface area (TPSA) is 129 Å². The molecule has 0 radical (unpaired) electrons. The summed E-state index contributed by atoms with van der Waals surface area (Å²) in [5, 5.41) is 1.89. The number of sulfonamides is 1. The Balaban J connectivity index is 1.68. The molecule has 0 saturated carbocycles. The average molecular weight is 524 g/mol. The summed E-state index contributed by atoms with van der Waals surface area (Å²) in [7, 11) is -4.47. The van der Waals surface area contributed by atoms with Crippen molar-refractivity contribution in [2.24, 2.45) is 0 Å². The van der Waals surface area contributed by atoms with Gasteiger partial charge in [-0.1, -0.05) is 36.4 Å². The molecule has 0 fully saturated rings. The van der Waals surface area contributed by atoms with E-state index in [9.17, 15) is 36.0 Å². The maximum Gasteiger partial charge on any atom is 0.491 e. The van der Waals surface area contributed by atoms with Gasteiger partial charge in [-0.2, -0.15) is 13.2 Å². The highest BCUT2D eigenvalue weighted by Gasteiger charge is 2.42. The molecule has 1 aromatic heterocycles. The van der Waals surface area contributed by atoms with Crippen molar-refractivity contribution in [1.29, 1.82) is 0 Å². The fourth-order valence-electron chi connectivity index (χ4n) is 3.20. The Morgan fingerprint density at radius 1 is 1.06 bits per heavy atom. The summed E-state index contributed by atoms with van der Waals surface area (Å²) in [6.45, 7) is 0.0746. The number of halogens is 3. The van der Waals surface area contributed by atoms with Crippen LogP contribution in [0.3, 0.4) is 0 Å². The molecule has 0 aliphatic heterocycles. The summed E-state index contributed by atoms with van der Waals surface area (Å²) in [6.07, 6.45) is -2.79. The Bertz CT molecular complexity index is 1370. The number of aromatic nitrogens is 1. The van der Waals surface area contributed by atoms with Crippen LogP contribution in [0.5, 0.6) is 5.75 Å². The lowest BCUT2D eigenvalue weighted by Crippen LogP contribution is -2.39. The van der Waals surface area contributed by atoms with Crippen LogP contribution < -0.4 is 9.46 Å². The van der Waals surface area contributed by atoms with Crippen molar-refractivity contribution in [3.05, 3.63) is 66.5 Å². The van der Waals surface area contributed by atoms with Crippen LogP contribution in [-0.4, -0.2) is 50.5 Å². The summed E-state index contributed by atoms with van der Waals surface area (Å²) in [5.74, 6) is -4.57. The summed E-state index contributed by atoms with van der Waals surface area (Å²) in [5.41, 5.74) is 0.875. The van der Waals surface area contributed by atoms with Crippen LogP contribution in [0.25, 0.3) is 10.8 Å². The van der Waals surface area contributed by atoms with Gasteiger partial charge >= 0.3 is 18.1 Å². The number of hydrogen-bond acceptors (Lipinski definition) is 8. The van der Waals surface area contributed by atoms with Gasteiger partial charge in [0, 0.05) is 24.2 Å². The highest BCUT2D eigenvalue weighted by atomic mass is 32.2. The molecule has 3 rings (SSSR count). The second-order valence-corrected chi connectivity index (χ2v) is 9.07. The second-order valence-electron chi connectivity index (χ2n) is 7.39. The van der Waals surface area contributed by atoms with Crippen molar-refractivity contribution < 1.29 is 45.4 Å². The quantitative estimate of drug-likeness (QED) is 0.244. The summed E-state index contributed by atoms with van der Waals surface area (Å²) < 4.78 is 73.5. The Labute approximate surface area is 203 Å². The number of fused-ring (bicyclic) bond motifs is 1. The van der Waals surface area contributed by atoms with Gasteiger partial charge in [-0.15, -0.1) is 0 Å². The number of hydrogen-bond donors (Lipinski definition) is 1. The Hall–Kier alpha value is -3.84. The minimum atomic E-state index is -5.43. The SMILES string of the molecule is O=CC(CC(=O)OC(=O)C(F)(F)F)NS(=O)(=O)c1ccccc1OCCc1cncc2ccccc12. The van der Waals surface area contributed by atoms with Crippen LogP contribution in [0, 0.1) is 0 Å². The molecular formula is C23H19F3N2O7S. The molecule has 36 heavy (non-hydrogen) atoms. The first kappa shape index (κ1) is 26.8. The van der Waals surface area contributed by atoms with E-state index in [-0.39, 0.29) is 23.5 Å². The molecule has 0 saturated heterocycles. The van der Waals surface area contributed by atoms with Gasteiger partial charge < -0.3 is 14.3 Å². The van der Waals surface area contributed by atoms with Crippen molar-refractivity contribution in [2.75, 3.05) is 6.61 Å².